The first-order chi connectivity index (χ1) is 22.1. The summed E-state index contributed by atoms with van der Waals surface area (Å²) >= 11 is -2.68. The third kappa shape index (κ3) is 6.38. The molecule has 0 fully saturated rings. The van der Waals surface area contributed by atoms with Crippen LogP contribution in [0.25, 0.3) is 22.3 Å². The molecule has 0 saturated heterocycles. The standard InChI is InChI=1S/C27H29.C11H17.C8H8.2ClH.Zr/c1-16-7-9-26(3,4)24-12-18-11-19-13-25-21(17(2)8-10-27(25,5)6)15-23(19)22(18)14-20(16)24;1-5-9-6-7-10(8-9)11(2,3)4;1-2-8-6-4-3-5-7-8;;;/h7-8,11-15H,9-10H2,1-6H3;7-9H,5H2,1-4H3;3-7H,1H3;2*1H;/q;;;;;+2/p-2. The fraction of sp³-hybridized carbons (Fsp3) is 0.413. The molecule has 3 aromatic rings. The molecule has 7 rings (SSSR count). The summed E-state index contributed by atoms with van der Waals surface area (Å²) in [5.41, 5.74) is 18.6. The molecule has 0 bridgehead atoms. The number of halogens is 2. The molecule has 0 heterocycles. The van der Waals surface area contributed by atoms with Gasteiger partial charge in [0.1, 0.15) is 0 Å². The van der Waals surface area contributed by atoms with E-state index in [1.54, 1.807) is 28.7 Å². The van der Waals surface area contributed by atoms with Crippen LogP contribution < -0.4 is 24.8 Å². The molecule has 3 aromatic carbocycles. The van der Waals surface area contributed by atoms with Crippen LogP contribution in [-0.4, -0.2) is 3.21 Å². The summed E-state index contributed by atoms with van der Waals surface area (Å²) in [5.74, 6) is 0.531. The average molecular weight is 769 g/mol. The molecular formula is C46H54Cl2Zr. The molecule has 256 valence electrons. The Morgan fingerprint density at radius 1 is 0.755 bits per heavy atom. The van der Waals surface area contributed by atoms with Crippen molar-refractivity contribution in [1.29, 1.82) is 0 Å². The van der Waals surface area contributed by atoms with E-state index < -0.39 is 21.3 Å². The van der Waals surface area contributed by atoms with E-state index in [9.17, 15) is 0 Å². The van der Waals surface area contributed by atoms with Gasteiger partial charge in [-0.25, -0.2) is 0 Å². The van der Waals surface area contributed by atoms with Crippen LogP contribution in [0, 0.1) is 11.3 Å². The van der Waals surface area contributed by atoms with E-state index in [0.29, 0.717) is 9.54 Å². The van der Waals surface area contributed by atoms with Gasteiger partial charge < -0.3 is 24.8 Å². The summed E-state index contributed by atoms with van der Waals surface area (Å²) < 4.78 is 3.94. The Morgan fingerprint density at radius 3 is 1.69 bits per heavy atom. The van der Waals surface area contributed by atoms with Crippen LogP contribution in [0.2, 0.25) is 0 Å². The maximum absolute atomic E-state index is 2.71. The predicted molar refractivity (Wildman–Crippen MR) is 202 cm³/mol. The second-order valence-electron chi connectivity index (χ2n) is 17.2. The first kappa shape index (κ1) is 38.2. The number of hydrogen-bond acceptors (Lipinski definition) is 0. The molecule has 1 atom stereocenters. The van der Waals surface area contributed by atoms with Crippen LogP contribution in [-0.2, 0) is 32.1 Å². The number of rotatable bonds is 4. The second-order valence-corrected chi connectivity index (χ2v) is 24.0. The van der Waals surface area contributed by atoms with Gasteiger partial charge in [-0.2, -0.15) is 0 Å². The van der Waals surface area contributed by atoms with Crippen molar-refractivity contribution in [3.63, 3.8) is 0 Å². The van der Waals surface area contributed by atoms with Crippen LogP contribution >= 0.6 is 0 Å². The van der Waals surface area contributed by atoms with Crippen molar-refractivity contribution in [1.82, 2.24) is 0 Å². The Bertz CT molecular complexity index is 1880. The van der Waals surface area contributed by atoms with Crippen molar-refractivity contribution >= 4 is 14.4 Å². The average Bonchev–Trinajstić information content (AvgIpc) is 3.60. The molecule has 3 heteroatoms. The molecule has 0 aliphatic heterocycles. The fourth-order valence-electron chi connectivity index (χ4n) is 8.84. The van der Waals surface area contributed by atoms with Gasteiger partial charge in [-0.3, -0.25) is 0 Å². The van der Waals surface area contributed by atoms with Crippen molar-refractivity contribution in [2.45, 2.75) is 110 Å². The van der Waals surface area contributed by atoms with Crippen LogP contribution in [0.3, 0.4) is 0 Å². The van der Waals surface area contributed by atoms with Gasteiger partial charge in [0, 0.05) is 0 Å². The van der Waals surface area contributed by atoms with E-state index in [4.69, 9.17) is 0 Å². The number of benzene rings is 3. The van der Waals surface area contributed by atoms with E-state index in [2.05, 4.69) is 155 Å². The normalized spacial score (nSPS) is 20.2. The first-order valence-electron chi connectivity index (χ1n) is 18.0. The molecule has 0 spiro atoms. The van der Waals surface area contributed by atoms with Crippen LogP contribution in [0.4, 0.5) is 0 Å². The zero-order chi connectivity index (χ0) is 33.6. The maximum Gasteiger partial charge on any atom is -1.00 e. The SMILES string of the molecule is CCC1C=C(C(C)(C)C)C=[C]1/[Zr+2](=[C](/C)c1ccccc1)[CH]1c2cc3c(cc2-c2cc4c(cc21)C(C)(C)CC=C4C)C(C)=CCC3(C)C.[Cl-].[Cl-]. The quantitative estimate of drug-likeness (QED) is 0.278. The zero-order valence-corrected chi connectivity index (χ0v) is 35.5. The first-order valence-corrected chi connectivity index (χ1v) is 21.9. The number of allylic oxidation sites excluding steroid dienone is 8. The van der Waals surface area contributed by atoms with Gasteiger partial charge in [0.15, 0.2) is 0 Å². The van der Waals surface area contributed by atoms with Gasteiger partial charge in [-0.15, -0.1) is 0 Å². The molecule has 0 radical (unpaired) electrons. The molecule has 0 nitrogen and oxygen atoms in total. The maximum atomic E-state index is 2.71. The third-order valence-electron chi connectivity index (χ3n) is 12.0. The topological polar surface area (TPSA) is 0 Å². The van der Waals surface area contributed by atoms with Crippen LogP contribution in [0.1, 0.15) is 138 Å². The van der Waals surface area contributed by atoms with Crippen molar-refractivity contribution in [3.05, 3.63) is 127 Å². The Hall–Kier alpha value is -2.05. The van der Waals surface area contributed by atoms with Gasteiger partial charge in [0.05, 0.1) is 0 Å². The van der Waals surface area contributed by atoms with Crippen LogP contribution in [0.15, 0.2) is 87.8 Å². The van der Waals surface area contributed by atoms with Crippen molar-refractivity contribution in [2.75, 3.05) is 0 Å². The molecule has 49 heavy (non-hydrogen) atoms. The molecule has 4 aliphatic rings. The molecule has 4 aliphatic carbocycles. The van der Waals surface area contributed by atoms with E-state index in [1.165, 1.54) is 51.0 Å². The summed E-state index contributed by atoms with van der Waals surface area (Å²) in [7, 11) is 0. The largest absolute Gasteiger partial charge is 1.00 e. The molecule has 0 aromatic heterocycles. The predicted octanol–water partition coefficient (Wildman–Crippen LogP) is 6.69. The van der Waals surface area contributed by atoms with E-state index in [-0.39, 0.29) is 41.1 Å². The van der Waals surface area contributed by atoms with Gasteiger partial charge in [0.25, 0.3) is 0 Å². The molecule has 0 N–H and O–H groups in total. The van der Waals surface area contributed by atoms with E-state index >= 15 is 0 Å². The zero-order valence-electron chi connectivity index (χ0n) is 31.5. The summed E-state index contributed by atoms with van der Waals surface area (Å²) in [6, 6.07) is 22.1. The van der Waals surface area contributed by atoms with Gasteiger partial charge >= 0.3 is 295 Å². The smallest absolute Gasteiger partial charge is 1.00 e. The molecular weight excluding hydrogens is 715 g/mol. The summed E-state index contributed by atoms with van der Waals surface area (Å²) in [6.07, 6.45) is 13.7. The minimum absolute atomic E-state index is 0. The van der Waals surface area contributed by atoms with Gasteiger partial charge in [-0.1, -0.05) is 0 Å². The monoisotopic (exact) mass is 766 g/mol. The summed E-state index contributed by atoms with van der Waals surface area (Å²) in [4.78, 5) is 0. The number of fused-ring (bicyclic) bond motifs is 5. The Balaban J connectivity index is 0.00000234. The minimum Gasteiger partial charge on any atom is -1.00 e. The van der Waals surface area contributed by atoms with Crippen LogP contribution in [0.5, 0.6) is 0 Å². The molecule has 1 unspecified atom stereocenters. The van der Waals surface area contributed by atoms with E-state index in [0.717, 1.165) is 12.8 Å². The van der Waals surface area contributed by atoms with Crippen molar-refractivity contribution in [2.24, 2.45) is 11.3 Å². The Kier molecular flexibility index (Phi) is 10.5. The minimum atomic E-state index is -2.68. The Morgan fingerprint density at radius 2 is 1.24 bits per heavy atom. The van der Waals surface area contributed by atoms with Crippen molar-refractivity contribution < 1.29 is 46.1 Å². The Labute approximate surface area is 317 Å². The molecule has 0 amide bonds. The number of hydrogen-bond donors (Lipinski definition) is 0. The van der Waals surface area contributed by atoms with Crippen molar-refractivity contribution in [3.8, 4) is 11.1 Å². The molecule has 0 saturated carbocycles. The second kappa shape index (κ2) is 13.5. The van der Waals surface area contributed by atoms with E-state index in [1.807, 2.05) is 0 Å². The third-order valence-corrected chi connectivity index (χ3v) is 20.5. The summed E-state index contributed by atoms with van der Waals surface area (Å²) in [5, 5.41) is 0. The van der Waals surface area contributed by atoms with Gasteiger partial charge in [0.2, 0.25) is 0 Å². The summed E-state index contributed by atoms with van der Waals surface area (Å²) in [6.45, 7) is 26.6. The van der Waals surface area contributed by atoms with Gasteiger partial charge in [-0.05, 0) is 0 Å². The fourth-order valence-corrected chi connectivity index (χ4v) is 18.1.